The number of aliphatic hydroxyl groups excluding tert-OH is 1. The van der Waals surface area contributed by atoms with Crippen LogP contribution in [0, 0.1) is 3.57 Å². The van der Waals surface area contributed by atoms with E-state index in [1.807, 2.05) is 48.5 Å². The van der Waals surface area contributed by atoms with Gasteiger partial charge in [0.15, 0.2) is 0 Å². The van der Waals surface area contributed by atoms with Gasteiger partial charge in [0.05, 0.1) is 17.6 Å². The Hall–Kier alpha value is -1.60. The lowest BCUT2D eigenvalue weighted by atomic mass is 10.3. The Labute approximate surface area is 155 Å². The highest BCUT2D eigenvalue weighted by Crippen LogP contribution is 2.18. The molecule has 4 nitrogen and oxygen atoms in total. The quantitative estimate of drug-likeness (QED) is 0.569. The topological polar surface area (TPSA) is 47.3 Å². The van der Waals surface area contributed by atoms with Crippen LogP contribution in [0.25, 0.3) is 11.0 Å². The average Bonchev–Trinajstić information content (AvgIpc) is 2.92. The number of nitrogens with zero attached hydrogens (tertiary/aromatic N) is 2. The summed E-state index contributed by atoms with van der Waals surface area (Å²) in [7, 11) is 0. The lowest BCUT2D eigenvalue weighted by Gasteiger charge is -2.15. The maximum atomic E-state index is 10.4. The van der Waals surface area contributed by atoms with Crippen LogP contribution in [-0.2, 0) is 13.0 Å². The lowest BCUT2D eigenvalue weighted by Crippen LogP contribution is -2.24. The van der Waals surface area contributed by atoms with Crippen molar-refractivity contribution in [1.82, 2.24) is 9.55 Å². The summed E-state index contributed by atoms with van der Waals surface area (Å²) in [5.41, 5.74) is 2.04. The van der Waals surface area contributed by atoms with Gasteiger partial charge in [-0.2, -0.15) is 0 Å². The molecule has 0 radical (unpaired) electrons. The number of hydrogen-bond donors (Lipinski definition) is 1. The first-order valence-electron chi connectivity index (χ1n) is 8.18. The summed E-state index contributed by atoms with van der Waals surface area (Å²) in [6.07, 6.45) is 1.34. The number of aryl methyl sites for hydroxylation is 1. The Bertz CT molecular complexity index is 799. The number of aromatic nitrogens is 2. The van der Waals surface area contributed by atoms with Gasteiger partial charge >= 0.3 is 0 Å². The third-order valence-electron chi connectivity index (χ3n) is 3.86. The van der Waals surface area contributed by atoms with Gasteiger partial charge in [-0.15, -0.1) is 0 Å². The molecule has 1 aromatic heterocycles. The summed E-state index contributed by atoms with van der Waals surface area (Å²) in [5, 5.41) is 10.4. The second-order valence-corrected chi connectivity index (χ2v) is 7.04. The van der Waals surface area contributed by atoms with Gasteiger partial charge in [-0.3, -0.25) is 0 Å². The van der Waals surface area contributed by atoms with E-state index in [9.17, 15) is 5.11 Å². The molecule has 0 saturated heterocycles. The van der Waals surface area contributed by atoms with Gasteiger partial charge in [-0.1, -0.05) is 19.1 Å². The molecule has 0 fully saturated rings. The van der Waals surface area contributed by atoms with Crippen LogP contribution >= 0.6 is 22.6 Å². The first kappa shape index (κ1) is 17.2. The smallest absolute Gasteiger partial charge is 0.119 e. The number of hydrogen-bond acceptors (Lipinski definition) is 3. The molecule has 1 heterocycles. The SMILES string of the molecule is CCCc1nc2ccccc2n1CC(O)COc1ccc(I)cc1. The monoisotopic (exact) mass is 436 g/mol. The van der Waals surface area contributed by atoms with Crippen LogP contribution in [-0.4, -0.2) is 27.4 Å². The van der Waals surface area contributed by atoms with Gasteiger partial charge in [0, 0.05) is 9.99 Å². The normalized spacial score (nSPS) is 12.5. The van der Waals surface area contributed by atoms with Crippen molar-refractivity contribution in [3.8, 4) is 5.75 Å². The van der Waals surface area contributed by atoms with E-state index < -0.39 is 6.10 Å². The van der Waals surface area contributed by atoms with Crippen molar-refractivity contribution in [3.05, 3.63) is 57.9 Å². The minimum atomic E-state index is -0.586. The predicted molar refractivity (Wildman–Crippen MR) is 104 cm³/mol. The molecule has 0 aliphatic carbocycles. The van der Waals surface area contributed by atoms with Crippen LogP contribution in [0.3, 0.4) is 0 Å². The molecule has 0 spiro atoms. The van der Waals surface area contributed by atoms with E-state index >= 15 is 0 Å². The van der Waals surface area contributed by atoms with Crippen molar-refractivity contribution in [2.24, 2.45) is 0 Å². The maximum absolute atomic E-state index is 10.4. The fraction of sp³-hybridized carbons (Fsp3) is 0.316. The van der Waals surface area contributed by atoms with E-state index in [4.69, 9.17) is 9.72 Å². The second kappa shape index (κ2) is 7.98. The molecule has 5 heteroatoms. The molecule has 0 aliphatic heterocycles. The molecule has 0 amide bonds. The Morgan fingerprint density at radius 2 is 1.92 bits per heavy atom. The molecule has 0 saturated carbocycles. The summed E-state index contributed by atoms with van der Waals surface area (Å²) in [6.45, 7) is 2.89. The molecular formula is C19H21IN2O2. The summed E-state index contributed by atoms with van der Waals surface area (Å²) in [5.74, 6) is 1.80. The highest BCUT2D eigenvalue weighted by Gasteiger charge is 2.14. The van der Waals surface area contributed by atoms with Crippen molar-refractivity contribution in [1.29, 1.82) is 0 Å². The van der Waals surface area contributed by atoms with Gasteiger partial charge in [-0.05, 0) is 65.4 Å². The standard InChI is InChI=1S/C19H21IN2O2/c1-2-5-19-21-17-6-3-4-7-18(17)22(19)12-15(23)13-24-16-10-8-14(20)9-11-16/h3-4,6-11,15,23H,2,5,12-13H2,1H3. The third-order valence-corrected chi connectivity index (χ3v) is 4.58. The second-order valence-electron chi connectivity index (χ2n) is 5.80. The van der Waals surface area contributed by atoms with E-state index in [0.29, 0.717) is 6.54 Å². The molecule has 3 aromatic rings. The first-order valence-corrected chi connectivity index (χ1v) is 9.26. The molecule has 126 valence electrons. The van der Waals surface area contributed by atoms with Gasteiger partial charge in [-0.25, -0.2) is 4.98 Å². The van der Waals surface area contributed by atoms with E-state index in [2.05, 4.69) is 34.1 Å². The van der Waals surface area contributed by atoms with Crippen LogP contribution in [0.1, 0.15) is 19.2 Å². The van der Waals surface area contributed by atoms with Crippen LogP contribution in [0.5, 0.6) is 5.75 Å². The molecular weight excluding hydrogens is 415 g/mol. The molecule has 1 atom stereocenters. The minimum Gasteiger partial charge on any atom is -0.491 e. The Morgan fingerprint density at radius 1 is 1.17 bits per heavy atom. The van der Waals surface area contributed by atoms with Gasteiger partial charge in [0.1, 0.15) is 24.3 Å². The first-order chi connectivity index (χ1) is 11.7. The largest absolute Gasteiger partial charge is 0.491 e. The molecule has 24 heavy (non-hydrogen) atoms. The zero-order valence-corrected chi connectivity index (χ0v) is 15.8. The molecule has 0 aliphatic rings. The molecule has 3 rings (SSSR count). The Kier molecular flexibility index (Phi) is 5.73. The van der Waals surface area contributed by atoms with Gasteiger partial charge in [0.2, 0.25) is 0 Å². The average molecular weight is 436 g/mol. The van der Waals surface area contributed by atoms with Crippen molar-refractivity contribution in [2.45, 2.75) is 32.4 Å². The van der Waals surface area contributed by atoms with E-state index in [1.165, 1.54) is 0 Å². The maximum Gasteiger partial charge on any atom is 0.119 e. The van der Waals surface area contributed by atoms with Crippen LogP contribution in [0.4, 0.5) is 0 Å². The van der Waals surface area contributed by atoms with Crippen LogP contribution in [0.2, 0.25) is 0 Å². The Morgan fingerprint density at radius 3 is 2.67 bits per heavy atom. The van der Waals surface area contributed by atoms with Crippen molar-refractivity contribution >= 4 is 33.6 Å². The number of para-hydroxylation sites is 2. The number of fused-ring (bicyclic) bond motifs is 1. The molecule has 2 aromatic carbocycles. The van der Waals surface area contributed by atoms with Crippen LogP contribution in [0.15, 0.2) is 48.5 Å². The number of aliphatic hydroxyl groups is 1. The van der Waals surface area contributed by atoms with Crippen molar-refractivity contribution < 1.29 is 9.84 Å². The molecule has 0 bridgehead atoms. The number of imidazole rings is 1. The van der Waals surface area contributed by atoms with E-state index in [-0.39, 0.29) is 6.61 Å². The van der Waals surface area contributed by atoms with E-state index in [1.54, 1.807) is 0 Å². The molecule has 1 unspecified atom stereocenters. The zero-order chi connectivity index (χ0) is 16.9. The number of ether oxygens (including phenoxy) is 1. The lowest BCUT2D eigenvalue weighted by molar-refractivity contribution is 0.0927. The minimum absolute atomic E-state index is 0.263. The van der Waals surface area contributed by atoms with Crippen LogP contribution < -0.4 is 4.74 Å². The summed E-state index contributed by atoms with van der Waals surface area (Å²) < 4.78 is 8.97. The third kappa shape index (κ3) is 4.08. The van der Waals surface area contributed by atoms with Gasteiger partial charge < -0.3 is 14.4 Å². The Balaban J connectivity index is 1.71. The number of benzene rings is 2. The fourth-order valence-electron chi connectivity index (χ4n) is 2.73. The number of rotatable bonds is 7. The van der Waals surface area contributed by atoms with Crippen molar-refractivity contribution in [2.75, 3.05) is 6.61 Å². The summed E-state index contributed by atoms with van der Waals surface area (Å²) in [4.78, 5) is 4.69. The zero-order valence-electron chi connectivity index (χ0n) is 13.7. The highest BCUT2D eigenvalue weighted by atomic mass is 127. The fourth-order valence-corrected chi connectivity index (χ4v) is 3.09. The summed E-state index contributed by atoms with van der Waals surface area (Å²) in [6, 6.07) is 15.9. The highest BCUT2D eigenvalue weighted by molar-refractivity contribution is 14.1. The number of halogens is 1. The molecule has 1 N–H and O–H groups in total. The van der Waals surface area contributed by atoms with Crippen molar-refractivity contribution in [3.63, 3.8) is 0 Å². The van der Waals surface area contributed by atoms with Gasteiger partial charge in [0.25, 0.3) is 0 Å². The summed E-state index contributed by atoms with van der Waals surface area (Å²) >= 11 is 2.26. The predicted octanol–water partition coefficient (Wildman–Crippen LogP) is 4.03. The van der Waals surface area contributed by atoms with E-state index in [0.717, 1.165) is 39.0 Å².